The van der Waals surface area contributed by atoms with Crippen LogP contribution in [0.1, 0.15) is 40.0 Å². The molecule has 0 N–H and O–H groups in total. The highest BCUT2D eigenvalue weighted by Crippen LogP contribution is 2.12. The number of hydrogen-bond acceptors (Lipinski definition) is 0. The topological polar surface area (TPSA) is 0 Å². The average molecular weight is 278 g/mol. The first kappa shape index (κ1) is 12.2. The first-order valence-corrected chi connectivity index (χ1v) is 5.80. The molecule has 1 atom stereocenters. The first-order valence-electron chi connectivity index (χ1n) is 4.55. The maximum atomic E-state index is 2.32. The lowest BCUT2D eigenvalue weighted by atomic mass is 10.0. The number of allylic oxidation sites excluding steroid dienone is 3. The largest absolute Gasteiger partial charge is 0.0859 e. The smallest absolute Gasteiger partial charge is 0.0274 e. The fraction of sp³-hybridized carbons (Fsp3) is 0.636. The molecule has 0 saturated heterocycles. The second-order valence-corrected chi connectivity index (χ2v) is 4.28. The van der Waals surface area contributed by atoms with Gasteiger partial charge in [0.2, 0.25) is 0 Å². The van der Waals surface area contributed by atoms with Crippen LogP contribution in [0.5, 0.6) is 0 Å². The Morgan fingerprint density at radius 3 is 2.58 bits per heavy atom. The minimum Gasteiger partial charge on any atom is -0.0859 e. The highest BCUT2D eigenvalue weighted by atomic mass is 127. The van der Waals surface area contributed by atoms with Gasteiger partial charge in [-0.1, -0.05) is 47.2 Å². The van der Waals surface area contributed by atoms with E-state index >= 15 is 0 Å². The summed E-state index contributed by atoms with van der Waals surface area (Å²) >= 11 is 2.28. The lowest BCUT2D eigenvalue weighted by Crippen LogP contribution is -1.90. The van der Waals surface area contributed by atoms with Crippen molar-refractivity contribution >= 4 is 22.6 Å². The SMILES string of the molecule is CC(C)=CCCC(C)C/C=C\I. The maximum Gasteiger partial charge on any atom is -0.0274 e. The van der Waals surface area contributed by atoms with E-state index in [1.54, 1.807) is 0 Å². The van der Waals surface area contributed by atoms with E-state index in [0.717, 1.165) is 5.92 Å². The molecule has 0 bridgehead atoms. The summed E-state index contributed by atoms with van der Waals surface area (Å²) in [6, 6.07) is 0. The summed E-state index contributed by atoms with van der Waals surface area (Å²) in [5.41, 5.74) is 1.44. The van der Waals surface area contributed by atoms with Crippen LogP contribution >= 0.6 is 22.6 Å². The maximum absolute atomic E-state index is 2.32. The summed E-state index contributed by atoms with van der Waals surface area (Å²) in [4.78, 5) is 0. The van der Waals surface area contributed by atoms with Crippen molar-refractivity contribution in [2.45, 2.75) is 40.0 Å². The molecule has 0 aliphatic rings. The van der Waals surface area contributed by atoms with Crippen LogP contribution in [0.3, 0.4) is 0 Å². The highest BCUT2D eigenvalue weighted by Gasteiger charge is 1.96. The van der Waals surface area contributed by atoms with Crippen molar-refractivity contribution in [1.29, 1.82) is 0 Å². The second kappa shape index (κ2) is 7.84. The summed E-state index contributed by atoms with van der Waals surface area (Å²) in [5.74, 6) is 0.826. The van der Waals surface area contributed by atoms with Crippen LogP contribution in [-0.4, -0.2) is 0 Å². The molecule has 0 fully saturated rings. The van der Waals surface area contributed by atoms with Crippen molar-refractivity contribution in [2.24, 2.45) is 5.92 Å². The molecule has 0 aromatic heterocycles. The summed E-state index contributed by atoms with van der Waals surface area (Å²) in [6.45, 7) is 6.64. The van der Waals surface area contributed by atoms with Crippen molar-refractivity contribution in [3.8, 4) is 0 Å². The average Bonchev–Trinajstić information content (AvgIpc) is 2.00. The third-order valence-electron chi connectivity index (χ3n) is 1.84. The number of halogens is 1. The Morgan fingerprint density at radius 1 is 1.42 bits per heavy atom. The molecule has 0 nitrogen and oxygen atoms in total. The van der Waals surface area contributed by atoms with Crippen molar-refractivity contribution in [3.05, 3.63) is 21.8 Å². The number of rotatable bonds is 5. The molecular formula is C11H19I. The van der Waals surface area contributed by atoms with Gasteiger partial charge in [0, 0.05) is 0 Å². The van der Waals surface area contributed by atoms with Crippen LogP contribution in [-0.2, 0) is 0 Å². The van der Waals surface area contributed by atoms with Crippen LogP contribution in [0, 0.1) is 5.92 Å². The van der Waals surface area contributed by atoms with Crippen molar-refractivity contribution in [3.63, 3.8) is 0 Å². The fourth-order valence-electron chi connectivity index (χ4n) is 1.06. The van der Waals surface area contributed by atoms with Gasteiger partial charge in [-0.05, 0) is 43.1 Å². The fourth-order valence-corrected chi connectivity index (χ4v) is 1.35. The normalized spacial score (nSPS) is 13.3. The Balaban J connectivity index is 3.43. The molecule has 0 amide bonds. The van der Waals surface area contributed by atoms with E-state index in [0.29, 0.717) is 0 Å². The standard InChI is InChI=1S/C11H19I/c1-10(2)6-4-7-11(3)8-5-9-12/h5-6,9,11H,4,7-8H2,1-3H3/b9-5-. The van der Waals surface area contributed by atoms with E-state index in [2.05, 4.69) is 59.6 Å². The van der Waals surface area contributed by atoms with Crippen molar-refractivity contribution in [2.75, 3.05) is 0 Å². The zero-order valence-corrected chi connectivity index (χ0v) is 10.5. The lowest BCUT2D eigenvalue weighted by molar-refractivity contribution is 0.546. The molecule has 0 aromatic carbocycles. The molecule has 0 saturated carbocycles. The monoisotopic (exact) mass is 278 g/mol. The molecule has 0 aliphatic heterocycles. The van der Waals surface area contributed by atoms with E-state index in [1.165, 1.54) is 24.8 Å². The quantitative estimate of drug-likeness (QED) is 0.504. The van der Waals surface area contributed by atoms with Gasteiger partial charge in [-0.2, -0.15) is 0 Å². The Kier molecular flexibility index (Phi) is 7.98. The Labute approximate surface area is 90.3 Å². The minimum atomic E-state index is 0.826. The predicted molar refractivity (Wildman–Crippen MR) is 65.6 cm³/mol. The van der Waals surface area contributed by atoms with E-state index < -0.39 is 0 Å². The van der Waals surface area contributed by atoms with Gasteiger partial charge in [0.1, 0.15) is 0 Å². The van der Waals surface area contributed by atoms with Gasteiger partial charge >= 0.3 is 0 Å². The Bertz CT molecular complexity index is 152. The molecular weight excluding hydrogens is 259 g/mol. The van der Waals surface area contributed by atoms with Crippen LogP contribution in [0.2, 0.25) is 0 Å². The van der Waals surface area contributed by atoms with Crippen LogP contribution in [0.4, 0.5) is 0 Å². The molecule has 0 aromatic rings. The predicted octanol–water partition coefficient (Wildman–Crippen LogP) is 4.71. The molecule has 0 heterocycles. The summed E-state index contributed by atoms with van der Waals surface area (Å²) in [5, 5.41) is 0. The summed E-state index contributed by atoms with van der Waals surface area (Å²) in [7, 11) is 0. The van der Waals surface area contributed by atoms with Gasteiger partial charge in [0.15, 0.2) is 0 Å². The lowest BCUT2D eigenvalue weighted by Gasteiger charge is -2.05. The van der Waals surface area contributed by atoms with Gasteiger partial charge in [-0.3, -0.25) is 0 Å². The molecule has 1 unspecified atom stereocenters. The van der Waals surface area contributed by atoms with Crippen molar-refractivity contribution < 1.29 is 0 Å². The first-order chi connectivity index (χ1) is 5.66. The Morgan fingerprint density at radius 2 is 2.08 bits per heavy atom. The molecule has 1 heteroatoms. The van der Waals surface area contributed by atoms with E-state index in [4.69, 9.17) is 0 Å². The summed E-state index contributed by atoms with van der Waals surface area (Å²) < 4.78 is 2.11. The van der Waals surface area contributed by atoms with Gasteiger partial charge in [0.05, 0.1) is 0 Å². The van der Waals surface area contributed by atoms with Crippen LogP contribution in [0.15, 0.2) is 21.8 Å². The zero-order chi connectivity index (χ0) is 9.40. The molecule has 0 radical (unpaired) electrons. The van der Waals surface area contributed by atoms with Crippen LogP contribution in [0.25, 0.3) is 0 Å². The zero-order valence-electron chi connectivity index (χ0n) is 8.31. The Hall–Kier alpha value is 0.210. The number of hydrogen-bond donors (Lipinski definition) is 0. The van der Waals surface area contributed by atoms with E-state index in [1.807, 2.05) is 0 Å². The molecule has 70 valence electrons. The summed E-state index contributed by atoms with van der Waals surface area (Å²) in [6.07, 6.45) is 8.34. The molecule has 12 heavy (non-hydrogen) atoms. The van der Waals surface area contributed by atoms with Crippen molar-refractivity contribution in [1.82, 2.24) is 0 Å². The molecule has 0 rings (SSSR count). The van der Waals surface area contributed by atoms with E-state index in [-0.39, 0.29) is 0 Å². The van der Waals surface area contributed by atoms with Gasteiger partial charge < -0.3 is 0 Å². The molecule has 0 spiro atoms. The van der Waals surface area contributed by atoms with Gasteiger partial charge in [0.25, 0.3) is 0 Å². The van der Waals surface area contributed by atoms with Gasteiger partial charge in [-0.25, -0.2) is 0 Å². The van der Waals surface area contributed by atoms with Crippen LogP contribution < -0.4 is 0 Å². The van der Waals surface area contributed by atoms with E-state index in [9.17, 15) is 0 Å². The second-order valence-electron chi connectivity index (χ2n) is 3.56. The molecule has 0 aliphatic carbocycles. The third kappa shape index (κ3) is 8.31. The minimum absolute atomic E-state index is 0.826. The third-order valence-corrected chi connectivity index (χ3v) is 2.35. The highest BCUT2D eigenvalue weighted by molar-refractivity contribution is 14.1. The van der Waals surface area contributed by atoms with Gasteiger partial charge in [-0.15, -0.1) is 0 Å².